The number of nitrogens with zero attached hydrogens (tertiary/aromatic N) is 1. The van der Waals surface area contributed by atoms with E-state index in [9.17, 15) is 9.59 Å². The molecule has 0 aliphatic carbocycles. The van der Waals surface area contributed by atoms with Crippen molar-refractivity contribution in [3.63, 3.8) is 0 Å². The first-order valence-electron chi connectivity index (χ1n) is 7.98. The molecule has 5 heteroatoms. The number of hydrogen-bond donors (Lipinski definition) is 1. The number of carbonyl (C=O) groups is 2. The summed E-state index contributed by atoms with van der Waals surface area (Å²) in [5, 5.41) is 3.52. The van der Waals surface area contributed by atoms with Gasteiger partial charge < -0.3 is 10.2 Å². The van der Waals surface area contributed by atoms with Crippen molar-refractivity contribution in [3.05, 3.63) is 58.6 Å². The second-order valence-corrected chi connectivity index (χ2v) is 6.44. The number of nitrogens with one attached hydrogen (secondary N) is 1. The molecule has 0 bridgehead atoms. The molecule has 1 heterocycles. The van der Waals surface area contributed by atoms with Crippen LogP contribution in [0, 0.1) is 6.92 Å². The Morgan fingerprint density at radius 3 is 2.75 bits per heavy atom. The summed E-state index contributed by atoms with van der Waals surface area (Å²) in [5.74, 6) is 0.0671. The first-order valence-corrected chi connectivity index (χ1v) is 8.36. The number of anilines is 2. The maximum Gasteiger partial charge on any atom is 0.228 e. The quantitative estimate of drug-likeness (QED) is 0.914. The summed E-state index contributed by atoms with van der Waals surface area (Å²) < 4.78 is 0. The third kappa shape index (κ3) is 3.77. The highest BCUT2D eigenvalue weighted by Gasteiger charge is 2.23. The van der Waals surface area contributed by atoms with Crippen LogP contribution < -0.4 is 10.2 Å². The van der Waals surface area contributed by atoms with Crippen LogP contribution in [0.1, 0.15) is 24.0 Å². The lowest BCUT2D eigenvalue weighted by molar-refractivity contribution is -0.117. The molecule has 124 valence electrons. The highest BCUT2D eigenvalue weighted by atomic mass is 35.5. The van der Waals surface area contributed by atoms with Gasteiger partial charge in [0, 0.05) is 29.4 Å². The molecule has 0 radical (unpaired) electrons. The van der Waals surface area contributed by atoms with Gasteiger partial charge in [-0.1, -0.05) is 23.7 Å². The largest absolute Gasteiger partial charge is 0.326 e. The summed E-state index contributed by atoms with van der Waals surface area (Å²) in [6, 6.07) is 12.9. The van der Waals surface area contributed by atoms with Gasteiger partial charge in [-0.25, -0.2) is 0 Å². The summed E-state index contributed by atoms with van der Waals surface area (Å²) in [5.41, 5.74) is 3.50. The van der Waals surface area contributed by atoms with E-state index in [0.717, 1.165) is 35.5 Å². The van der Waals surface area contributed by atoms with E-state index in [1.807, 2.05) is 42.2 Å². The first-order chi connectivity index (χ1) is 11.5. The van der Waals surface area contributed by atoms with Crippen molar-refractivity contribution < 1.29 is 9.59 Å². The van der Waals surface area contributed by atoms with Gasteiger partial charge in [0.2, 0.25) is 11.8 Å². The number of carbonyl (C=O) groups excluding carboxylic acids is 2. The summed E-state index contributed by atoms with van der Waals surface area (Å²) in [6.45, 7) is 2.72. The lowest BCUT2D eigenvalue weighted by Crippen LogP contribution is -2.24. The van der Waals surface area contributed by atoms with Gasteiger partial charge in [0.05, 0.1) is 6.42 Å². The lowest BCUT2D eigenvalue weighted by atomic mass is 10.1. The van der Waals surface area contributed by atoms with E-state index in [1.54, 1.807) is 12.1 Å². The molecule has 0 saturated carbocycles. The highest BCUT2D eigenvalue weighted by molar-refractivity contribution is 6.30. The predicted octanol–water partition coefficient (Wildman–Crippen LogP) is 3.96. The molecule has 2 aromatic rings. The topological polar surface area (TPSA) is 49.4 Å². The number of hydrogen-bond acceptors (Lipinski definition) is 2. The van der Waals surface area contributed by atoms with Gasteiger partial charge in [-0.15, -0.1) is 0 Å². The third-order valence-corrected chi connectivity index (χ3v) is 4.33. The molecule has 2 amide bonds. The van der Waals surface area contributed by atoms with Crippen LogP contribution in [0.4, 0.5) is 11.4 Å². The van der Waals surface area contributed by atoms with Crippen LogP contribution >= 0.6 is 11.6 Å². The highest BCUT2D eigenvalue weighted by Crippen LogP contribution is 2.27. The minimum atomic E-state index is -0.0957. The van der Waals surface area contributed by atoms with E-state index >= 15 is 0 Å². The Bertz CT molecular complexity index is 789. The smallest absolute Gasteiger partial charge is 0.228 e. The molecule has 0 spiro atoms. The maximum atomic E-state index is 12.2. The van der Waals surface area contributed by atoms with Gasteiger partial charge in [-0.05, 0) is 54.8 Å². The van der Waals surface area contributed by atoms with Crippen molar-refractivity contribution in [1.82, 2.24) is 0 Å². The third-order valence-electron chi connectivity index (χ3n) is 4.10. The molecule has 4 nitrogen and oxygen atoms in total. The van der Waals surface area contributed by atoms with Gasteiger partial charge in [-0.2, -0.15) is 0 Å². The number of aryl methyl sites for hydroxylation is 1. The molecule has 1 aliphatic rings. The van der Waals surface area contributed by atoms with Gasteiger partial charge in [0.1, 0.15) is 0 Å². The molecule has 3 rings (SSSR count). The van der Waals surface area contributed by atoms with Crippen LogP contribution in [0.3, 0.4) is 0 Å². The minimum Gasteiger partial charge on any atom is -0.326 e. The van der Waals surface area contributed by atoms with Gasteiger partial charge in [0.15, 0.2) is 0 Å². The van der Waals surface area contributed by atoms with Gasteiger partial charge in [0.25, 0.3) is 0 Å². The molecule has 1 fully saturated rings. The average molecular weight is 343 g/mol. The monoisotopic (exact) mass is 342 g/mol. The summed E-state index contributed by atoms with van der Waals surface area (Å²) in [4.78, 5) is 25.9. The van der Waals surface area contributed by atoms with E-state index in [0.29, 0.717) is 11.4 Å². The van der Waals surface area contributed by atoms with Crippen molar-refractivity contribution >= 4 is 34.8 Å². The van der Waals surface area contributed by atoms with Crippen LogP contribution in [-0.2, 0) is 16.0 Å². The van der Waals surface area contributed by atoms with E-state index in [2.05, 4.69) is 5.32 Å². The zero-order chi connectivity index (χ0) is 17.1. The van der Waals surface area contributed by atoms with E-state index in [4.69, 9.17) is 11.6 Å². The fourth-order valence-corrected chi connectivity index (χ4v) is 3.19. The fraction of sp³-hybridized carbons (Fsp3) is 0.263. The fourth-order valence-electron chi connectivity index (χ4n) is 2.98. The molecule has 0 unspecified atom stereocenters. The van der Waals surface area contributed by atoms with Crippen LogP contribution in [0.2, 0.25) is 5.02 Å². The molecule has 1 N–H and O–H groups in total. The molecule has 24 heavy (non-hydrogen) atoms. The molecular weight excluding hydrogens is 324 g/mol. The molecule has 1 saturated heterocycles. The maximum absolute atomic E-state index is 12.2. The number of amides is 2. The van der Waals surface area contributed by atoms with Crippen molar-refractivity contribution in [1.29, 1.82) is 0 Å². The number of halogens is 1. The SMILES string of the molecule is Cc1cc(NC(=O)Cc2cccc(Cl)c2)ccc1N1CCCC1=O. The van der Waals surface area contributed by atoms with Crippen LogP contribution in [0.25, 0.3) is 0 Å². The minimum absolute atomic E-state index is 0.0957. The molecule has 0 atom stereocenters. The van der Waals surface area contributed by atoms with E-state index < -0.39 is 0 Å². The van der Waals surface area contributed by atoms with Crippen LogP contribution in [0.15, 0.2) is 42.5 Å². The van der Waals surface area contributed by atoms with E-state index in [1.165, 1.54) is 0 Å². The zero-order valence-corrected chi connectivity index (χ0v) is 14.3. The number of rotatable bonds is 4. The van der Waals surface area contributed by atoms with Crippen LogP contribution in [0.5, 0.6) is 0 Å². The second-order valence-electron chi connectivity index (χ2n) is 6.01. The van der Waals surface area contributed by atoms with Gasteiger partial charge in [-0.3, -0.25) is 9.59 Å². The Balaban J connectivity index is 1.68. The predicted molar refractivity (Wildman–Crippen MR) is 96.6 cm³/mol. The standard InChI is InChI=1S/C19H19ClN2O2/c1-13-10-16(7-8-17(13)22-9-3-6-19(22)24)21-18(23)12-14-4-2-5-15(20)11-14/h2,4-5,7-8,10-11H,3,6,9,12H2,1H3,(H,21,23). The Morgan fingerprint density at radius 1 is 1.25 bits per heavy atom. The first kappa shape index (κ1) is 16.5. The second kappa shape index (κ2) is 7.05. The van der Waals surface area contributed by atoms with Gasteiger partial charge >= 0.3 is 0 Å². The Kier molecular flexibility index (Phi) is 4.86. The van der Waals surface area contributed by atoms with Crippen molar-refractivity contribution in [2.75, 3.05) is 16.8 Å². The zero-order valence-electron chi connectivity index (χ0n) is 13.5. The summed E-state index contributed by atoms with van der Waals surface area (Å²) >= 11 is 5.94. The van der Waals surface area contributed by atoms with Crippen molar-refractivity contribution in [2.45, 2.75) is 26.2 Å². The van der Waals surface area contributed by atoms with E-state index in [-0.39, 0.29) is 18.2 Å². The van der Waals surface area contributed by atoms with Crippen molar-refractivity contribution in [3.8, 4) is 0 Å². The Labute approximate surface area is 146 Å². The Morgan fingerprint density at radius 2 is 2.08 bits per heavy atom. The molecular formula is C19H19ClN2O2. The lowest BCUT2D eigenvalue weighted by Gasteiger charge is -2.19. The van der Waals surface area contributed by atoms with Crippen LogP contribution in [-0.4, -0.2) is 18.4 Å². The Hall–Kier alpha value is -2.33. The molecule has 2 aromatic carbocycles. The number of benzene rings is 2. The molecule has 1 aliphatic heterocycles. The molecule has 0 aromatic heterocycles. The summed E-state index contributed by atoms with van der Waals surface area (Å²) in [6.07, 6.45) is 1.78. The average Bonchev–Trinajstić information content (AvgIpc) is 2.93. The van der Waals surface area contributed by atoms with Crippen molar-refractivity contribution in [2.24, 2.45) is 0 Å². The summed E-state index contributed by atoms with van der Waals surface area (Å²) in [7, 11) is 0. The normalized spacial score (nSPS) is 14.1.